The zero-order valence-electron chi connectivity index (χ0n) is 18.6. The Morgan fingerprint density at radius 2 is 1.85 bits per heavy atom. The van der Waals surface area contributed by atoms with Crippen LogP contribution in [0.3, 0.4) is 0 Å². The average molecular weight is 545 g/mol. The molecular formula is C25H23BrClN3O4. The summed E-state index contributed by atoms with van der Waals surface area (Å²) in [5, 5.41) is 7.32. The Hall–Kier alpha value is -3.36. The molecule has 0 fully saturated rings. The highest BCUT2D eigenvalue weighted by Gasteiger charge is 2.14. The number of nitrogens with zero attached hydrogens (tertiary/aromatic N) is 1. The molecule has 0 heterocycles. The molecule has 9 heteroatoms. The molecule has 0 saturated carbocycles. The van der Waals surface area contributed by atoms with Crippen molar-refractivity contribution in [1.82, 2.24) is 5.43 Å². The quantitative estimate of drug-likeness (QED) is 0.271. The number of benzene rings is 3. The Labute approximate surface area is 211 Å². The number of hydrazone groups is 1. The van der Waals surface area contributed by atoms with Crippen LogP contribution in [0.15, 0.2) is 70.2 Å². The van der Waals surface area contributed by atoms with Crippen molar-refractivity contribution in [3.05, 3.63) is 86.8 Å². The summed E-state index contributed by atoms with van der Waals surface area (Å²) in [5.74, 6) is 0.147. The smallest absolute Gasteiger partial charge is 0.271 e. The van der Waals surface area contributed by atoms with Gasteiger partial charge >= 0.3 is 0 Å². The molecule has 0 unspecified atom stereocenters. The van der Waals surface area contributed by atoms with Crippen molar-refractivity contribution >= 4 is 51.2 Å². The van der Waals surface area contributed by atoms with Crippen LogP contribution < -0.4 is 20.2 Å². The van der Waals surface area contributed by atoms with Gasteiger partial charge in [-0.3, -0.25) is 9.59 Å². The summed E-state index contributed by atoms with van der Waals surface area (Å²) in [4.78, 5) is 24.5. The van der Waals surface area contributed by atoms with E-state index in [9.17, 15) is 9.59 Å². The number of carbonyl (C=O) groups excluding carboxylic acids is 2. The highest BCUT2D eigenvalue weighted by atomic mass is 79.9. The molecule has 0 aliphatic rings. The van der Waals surface area contributed by atoms with Crippen LogP contribution in [0.1, 0.15) is 28.4 Å². The summed E-state index contributed by atoms with van der Waals surface area (Å²) < 4.78 is 12.0. The zero-order valence-corrected chi connectivity index (χ0v) is 20.9. The SMILES string of the molecule is CCOc1cc(/C=N/NC(=O)c2ccccc2)cc(Br)c1OCC(=O)Nc1ccc(C)c(Cl)c1. The van der Waals surface area contributed by atoms with Gasteiger partial charge in [-0.15, -0.1) is 0 Å². The molecule has 0 aromatic heterocycles. The first kappa shape index (κ1) is 25.3. The van der Waals surface area contributed by atoms with E-state index in [0.717, 1.165) is 5.56 Å². The number of hydrogen-bond acceptors (Lipinski definition) is 5. The van der Waals surface area contributed by atoms with Gasteiger partial charge in [-0.05, 0) is 77.3 Å². The van der Waals surface area contributed by atoms with Gasteiger partial charge in [0.05, 0.1) is 17.3 Å². The minimum Gasteiger partial charge on any atom is -0.490 e. The van der Waals surface area contributed by atoms with E-state index in [-0.39, 0.29) is 18.4 Å². The fourth-order valence-corrected chi connectivity index (χ4v) is 3.65. The molecule has 0 radical (unpaired) electrons. The van der Waals surface area contributed by atoms with Crippen LogP contribution in [0, 0.1) is 6.92 Å². The first-order valence-corrected chi connectivity index (χ1v) is 11.6. The molecule has 3 rings (SSSR count). The molecule has 2 amide bonds. The Morgan fingerprint density at radius 1 is 1.09 bits per heavy atom. The van der Waals surface area contributed by atoms with Crippen molar-refractivity contribution in [2.75, 3.05) is 18.5 Å². The Kier molecular flexibility index (Phi) is 9.07. The Bertz CT molecular complexity index is 1200. The molecule has 2 N–H and O–H groups in total. The molecule has 0 saturated heterocycles. The molecule has 0 atom stereocenters. The van der Waals surface area contributed by atoms with Crippen LogP contribution >= 0.6 is 27.5 Å². The predicted molar refractivity (Wildman–Crippen MR) is 137 cm³/mol. The molecule has 7 nitrogen and oxygen atoms in total. The van der Waals surface area contributed by atoms with Gasteiger partial charge in [0.15, 0.2) is 18.1 Å². The Morgan fingerprint density at radius 3 is 2.56 bits per heavy atom. The third-order valence-corrected chi connectivity index (χ3v) is 5.55. The largest absolute Gasteiger partial charge is 0.490 e. The molecule has 176 valence electrons. The number of aryl methyl sites for hydroxylation is 1. The number of amides is 2. The van der Waals surface area contributed by atoms with E-state index in [0.29, 0.717) is 44.4 Å². The van der Waals surface area contributed by atoms with Crippen molar-refractivity contribution in [3.63, 3.8) is 0 Å². The molecule has 0 aliphatic heterocycles. The molecule has 0 spiro atoms. The lowest BCUT2D eigenvalue weighted by Gasteiger charge is -2.14. The zero-order chi connectivity index (χ0) is 24.5. The highest BCUT2D eigenvalue weighted by molar-refractivity contribution is 9.10. The van der Waals surface area contributed by atoms with Crippen molar-refractivity contribution in [1.29, 1.82) is 0 Å². The van der Waals surface area contributed by atoms with Gasteiger partial charge in [-0.25, -0.2) is 5.43 Å². The van der Waals surface area contributed by atoms with Crippen LogP contribution in [0.25, 0.3) is 0 Å². The number of nitrogens with one attached hydrogen (secondary N) is 2. The summed E-state index contributed by atoms with van der Waals surface area (Å²) in [7, 11) is 0. The van der Waals surface area contributed by atoms with Crippen LogP contribution in [0.5, 0.6) is 11.5 Å². The molecular weight excluding hydrogens is 522 g/mol. The predicted octanol–water partition coefficient (Wildman–Crippen LogP) is 5.59. The number of carbonyl (C=O) groups is 2. The molecule has 0 aliphatic carbocycles. The number of anilines is 1. The highest BCUT2D eigenvalue weighted by Crippen LogP contribution is 2.36. The number of rotatable bonds is 9. The number of hydrogen-bond donors (Lipinski definition) is 2. The second-order valence-electron chi connectivity index (χ2n) is 7.13. The van der Waals surface area contributed by atoms with E-state index in [2.05, 4.69) is 31.8 Å². The van der Waals surface area contributed by atoms with Gasteiger partial charge in [-0.2, -0.15) is 5.10 Å². The number of halogens is 2. The summed E-state index contributed by atoms with van der Waals surface area (Å²) in [5.41, 5.74) is 5.15. The second-order valence-corrected chi connectivity index (χ2v) is 8.39. The minimum atomic E-state index is -0.344. The fourth-order valence-electron chi connectivity index (χ4n) is 2.89. The van der Waals surface area contributed by atoms with Gasteiger partial charge in [0.2, 0.25) is 0 Å². The van der Waals surface area contributed by atoms with Crippen LogP contribution in [-0.2, 0) is 4.79 Å². The molecule has 0 bridgehead atoms. The van der Waals surface area contributed by atoms with Crippen molar-refractivity contribution < 1.29 is 19.1 Å². The van der Waals surface area contributed by atoms with Crippen LogP contribution in [0.2, 0.25) is 5.02 Å². The first-order valence-electron chi connectivity index (χ1n) is 10.4. The topological polar surface area (TPSA) is 89.0 Å². The van der Waals surface area contributed by atoms with E-state index in [1.807, 2.05) is 26.0 Å². The van der Waals surface area contributed by atoms with E-state index >= 15 is 0 Å². The van der Waals surface area contributed by atoms with Gasteiger partial charge < -0.3 is 14.8 Å². The van der Waals surface area contributed by atoms with E-state index in [1.165, 1.54) is 6.21 Å². The third kappa shape index (κ3) is 7.07. The Balaban J connectivity index is 1.66. The van der Waals surface area contributed by atoms with Gasteiger partial charge in [0, 0.05) is 16.3 Å². The molecule has 3 aromatic carbocycles. The monoisotopic (exact) mass is 543 g/mol. The minimum absolute atomic E-state index is 0.231. The maximum atomic E-state index is 12.4. The van der Waals surface area contributed by atoms with Gasteiger partial charge in [-0.1, -0.05) is 35.9 Å². The third-order valence-electron chi connectivity index (χ3n) is 4.55. The van der Waals surface area contributed by atoms with Crippen LogP contribution in [-0.4, -0.2) is 31.2 Å². The first-order chi connectivity index (χ1) is 16.4. The lowest BCUT2D eigenvalue weighted by Crippen LogP contribution is -2.20. The van der Waals surface area contributed by atoms with Crippen molar-refractivity contribution in [2.24, 2.45) is 5.10 Å². The van der Waals surface area contributed by atoms with Crippen molar-refractivity contribution in [3.8, 4) is 11.5 Å². The molecule has 34 heavy (non-hydrogen) atoms. The summed E-state index contributed by atoms with van der Waals surface area (Å²) in [6.45, 7) is 3.88. The normalized spacial score (nSPS) is 10.7. The van der Waals surface area contributed by atoms with Crippen LogP contribution in [0.4, 0.5) is 5.69 Å². The average Bonchev–Trinajstić information content (AvgIpc) is 2.81. The summed E-state index contributed by atoms with van der Waals surface area (Å²) >= 11 is 9.56. The maximum absolute atomic E-state index is 12.4. The fraction of sp³-hybridized carbons (Fsp3) is 0.160. The van der Waals surface area contributed by atoms with E-state index in [4.69, 9.17) is 21.1 Å². The van der Waals surface area contributed by atoms with Gasteiger partial charge in [0.1, 0.15) is 0 Å². The maximum Gasteiger partial charge on any atom is 0.271 e. The van der Waals surface area contributed by atoms with E-state index in [1.54, 1.807) is 48.5 Å². The van der Waals surface area contributed by atoms with Gasteiger partial charge in [0.25, 0.3) is 11.8 Å². The van der Waals surface area contributed by atoms with Crippen molar-refractivity contribution in [2.45, 2.75) is 13.8 Å². The lowest BCUT2D eigenvalue weighted by molar-refractivity contribution is -0.118. The second kappa shape index (κ2) is 12.2. The number of ether oxygens (including phenoxy) is 2. The standard InChI is InChI=1S/C25H23BrClN3O4/c1-3-33-22-12-17(14-28-30-25(32)18-7-5-4-6-8-18)11-20(26)24(22)34-15-23(31)29-19-10-9-16(2)21(27)13-19/h4-14H,3,15H2,1-2H3,(H,29,31)(H,30,32)/b28-14+. The lowest BCUT2D eigenvalue weighted by atomic mass is 10.2. The summed E-state index contributed by atoms with van der Waals surface area (Å²) in [6, 6.07) is 17.5. The molecule has 3 aromatic rings. The van der Waals surface area contributed by atoms with E-state index < -0.39 is 0 Å². The summed E-state index contributed by atoms with van der Waals surface area (Å²) in [6.07, 6.45) is 1.49.